The molecule has 0 aromatic rings. The van der Waals surface area contributed by atoms with Crippen LogP contribution in [-0.4, -0.2) is 70.7 Å². The van der Waals surface area contributed by atoms with Gasteiger partial charge in [-0.25, -0.2) is 8.42 Å². The zero-order chi connectivity index (χ0) is 17.9. The van der Waals surface area contributed by atoms with Crippen LogP contribution in [0, 0.1) is 5.41 Å². The summed E-state index contributed by atoms with van der Waals surface area (Å²) in [5.74, 6) is -0.142. The van der Waals surface area contributed by atoms with E-state index in [-0.39, 0.29) is 28.5 Å². The van der Waals surface area contributed by atoms with Crippen LogP contribution >= 0.6 is 0 Å². The third-order valence-corrected chi connectivity index (χ3v) is 5.99. The molecule has 3 heterocycles. The number of amides is 1. The summed E-state index contributed by atoms with van der Waals surface area (Å²) in [6, 6.07) is 0. The summed E-state index contributed by atoms with van der Waals surface area (Å²) in [6.45, 7) is 3.16. The van der Waals surface area contributed by atoms with Crippen molar-refractivity contribution in [2.24, 2.45) is 9.81 Å². The molecule has 3 rings (SSSR count). The minimum absolute atomic E-state index is 0.0420. The molecule has 8 nitrogen and oxygen atoms in total. The molecule has 1 amide bonds. The fourth-order valence-electron chi connectivity index (χ4n) is 3.39. The molecule has 0 bridgehead atoms. The van der Waals surface area contributed by atoms with Crippen LogP contribution in [0.25, 0.3) is 0 Å². The van der Waals surface area contributed by atoms with Crippen molar-refractivity contribution in [2.45, 2.75) is 12.8 Å². The van der Waals surface area contributed by atoms with E-state index in [4.69, 9.17) is 4.74 Å². The van der Waals surface area contributed by atoms with E-state index in [1.54, 1.807) is 30.4 Å². The first-order valence-electron chi connectivity index (χ1n) is 8.41. The van der Waals surface area contributed by atoms with Gasteiger partial charge in [-0.1, -0.05) is 0 Å². The Labute approximate surface area is 148 Å². The maximum atomic E-state index is 12.7. The Morgan fingerprint density at radius 3 is 2.92 bits per heavy atom. The minimum atomic E-state index is -3.51. The monoisotopic (exact) mass is 368 g/mol. The molecular weight excluding hydrogens is 344 g/mol. The van der Waals surface area contributed by atoms with Gasteiger partial charge in [0.05, 0.1) is 17.9 Å². The number of amidine groups is 1. The van der Waals surface area contributed by atoms with E-state index in [9.17, 15) is 13.2 Å². The fraction of sp³-hybridized carbons (Fsp3) is 0.625. The quantitative estimate of drug-likeness (QED) is 0.686. The predicted molar refractivity (Wildman–Crippen MR) is 94.6 cm³/mol. The molecule has 1 fully saturated rings. The molecule has 9 heteroatoms. The number of methoxy groups -OCH3 is 1. The number of carbonyl (C=O) groups excluding carboxylic acids is 1. The molecule has 3 aliphatic heterocycles. The molecule has 0 spiro atoms. The summed E-state index contributed by atoms with van der Waals surface area (Å²) in [5, 5.41) is 6.27. The Balaban J connectivity index is 1.73. The van der Waals surface area contributed by atoms with Crippen molar-refractivity contribution in [3.63, 3.8) is 0 Å². The molecule has 138 valence electrons. The van der Waals surface area contributed by atoms with Crippen LogP contribution in [0.3, 0.4) is 0 Å². The maximum Gasteiger partial charge on any atom is 0.256 e. The van der Waals surface area contributed by atoms with Crippen molar-refractivity contribution in [1.29, 1.82) is 0 Å². The number of piperidine rings is 1. The van der Waals surface area contributed by atoms with Crippen LogP contribution in [0.5, 0.6) is 0 Å². The average molecular weight is 368 g/mol. The third-order valence-electron chi connectivity index (χ3n) is 4.84. The normalized spacial score (nSPS) is 24.1. The lowest BCUT2D eigenvalue weighted by molar-refractivity contribution is -0.118. The van der Waals surface area contributed by atoms with Gasteiger partial charge in [0.25, 0.3) is 15.9 Å². The van der Waals surface area contributed by atoms with Gasteiger partial charge in [-0.3, -0.25) is 4.79 Å². The van der Waals surface area contributed by atoms with Crippen LogP contribution in [0.1, 0.15) is 12.8 Å². The number of nitrogens with zero attached hydrogens (tertiary/aromatic N) is 2. The number of carbonyl (C=O) groups is 1. The Morgan fingerprint density at radius 2 is 2.20 bits per heavy atom. The highest BCUT2D eigenvalue weighted by molar-refractivity contribution is 7.90. The van der Waals surface area contributed by atoms with Gasteiger partial charge in [0, 0.05) is 31.8 Å². The second-order valence-corrected chi connectivity index (χ2v) is 8.44. The van der Waals surface area contributed by atoms with Crippen molar-refractivity contribution < 1.29 is 17.9 Å². The first-order valence-corrected chi connectivity index (χ1v) is 10.0. The summed E-state index contributed by atoms with van der Waals surface area (Å²) in [6.07, 6.45) is 6.92. The van der Waals surface area contributed by atoms with Crippen LogP contribution in [-0.2, 0) is 19.6 Å². The van der Waals surface area contributed by atoms with Gasteiger partial charge in [0.2, 0.25) is 0 Å². The van der Waals surface area contributed by atoms with Gasteiger partial charge in [0.15, 0.2) is 5.84 Å². The molecule has 0 radical (unpaired) electrons. The van der Waals surface area contributed by atoms with E-state index in [1.165, 1.54) is 0 Å². The molecule has 3 aliphatic rings. The summed E-state index contributed by atoms with van der Waals surface area (Å²) in [4.78, 5) is 14.4. The van der Waals surface area contributed by atoms with Crippen LogP contribution in [0.4, 0.5) is 0 Å². The van der Waals surface area contributed by atoms with E-state index in [2.05, 4.69) is 15.0 Å². The number of ether oxygens (including phenoxy) is 1. The summed E-state index contributed by atoms with van der Waals surface area (Å²) in [7, 11) is -1.85. The zero-order valence-corrected chi connectivity index (χ0v) is 15.1. The van der Waals surface area contributed by atoms with Gasteiger partial charge in [-0.2, -0.15) is 0 Å². The van der Waals surface area contributed by atoms with Crippen molar-refractivity contribution >= 4 is 21.8 Å². The van der Waals surface area contributed by atoms with Gasteiger partial charge in [-0.15, -0.1) is 4.40 Å². The van der Waals surface area contributed by atoms with Gasteiger partial charge >= 0.3 is 0 Å². The molecular formula is C16H24N4O4S. The van der Waals surface area contributed by atoms with Crippen molar-refractivity contribution in [3.8, 4) is 0 Å². The Kier molecular flexibility index (Phi) is 5.26. The molecule has 25 heavy (non-hydrogen) atoms. The van der Waals surface area contributed by atoms with E-state index in [0.29, 0.717) is 19.7 Å². The Morgan fingerprint density at radius 1 is 1.44 bits per heavy atom. The van der Waals surface area contributed by atoms with Crippen LogP contribution < -0.4 is 10.6 Å². The summed E-state index contributed by atoms with van der Waals surface area (Å²) in [5.41, 5.74) is 0.188. The average Bonchev–Trinajstić information content (AvgIpc) is 2.59. The second kappa shape index (κ2) is 7.27. The number of hydrogen-bond donors (Lipinski definition) is 2. The lowest BCUT2D eigenvalue weighted by Crippen LogP contribution is -2.49. The molecule has 1 saturated heterocycles. The first-order chi connectivity index (χ1) is 11.9. The number of nitrogens with one attached hydrogen (secondary N) is 2. The Hall–Kier alpha value is -1.71. The zero-order valence-electron chi connectivity index (χ0n) is 14.3. The van der Waals surface area contributed by atoms with Crippen molar-refractivity contribution in [2.75, 3.05) is 45.6 Å². The molecule has 0 unspecified atom stereocenters. The largest absolute Gasteiger partial charge is 0.384 e. The second-order valence-electron chi connectivity index (χ2n) is 6.68. The standard InChI is InChI=1S/C16H24N4O4S/c1-24-12-16(4-6-17-7-5-16)11-18-15(21)13-3-2-8-20-9-10-25(22,23)19-14(13)20/h2-3,8,17H,4-7,9-12H2,1H3,(H,18,21). The van der Waals surface area contributed by atoms with Gasteiger partial charge < -0.3 is 20.3 Å². The molecule has 0 aliphatic carbocycles. The molecule has 0 aromatic heterocycles. The molecule has 2 N–H and O–H groups in total. The number of allylic oxidation sites excluding steroid dienone is 2. The summed E-state index contributed by atoms with van der Waals surface area (Å²) >= 11 is 0. The topological polar surface area (TPSA) is 100 Å². The first kappa shape index (κ1) is 18.1. The van der Waals surface area contributed by atoms with Gasteiger partial charge in [-0.05, 0) is 38.1 Å². The smallest absolute Gasteiger partial charge is 0.256 e. The van der Waals surface area contributed by atoms with Crippen LogP contribution in [0.2, 0.25) is 0 Å². The van der Waals surface area contributed by atoms with E-state index >= 15 is 0 Å². The number of hydrogen-bond acceptors (Lipinski definition) is 6. The number of fused-ring (bicyclic) bond motifs is 1. The van der Waals surface area contributed by atoms with Crippen molar-refractivity contribution in [3.05, 3.63) is 23.9 Å². The van der Waals surface area contributed by atoms with Crippen LogP contribution in [0.15, 0.2) is 28.3 Å². The summed E-state index contributed by atoms with van der Waals surface area (Å²) < 4.78 is 32.7. The molecule has 0 atom stereocenters. The highest BCUT2D eigenvalue weighted by atomic mass is 32.2. The number of sulfonamides is 1. The van der Waals surface area contributed by atoms with Gasteiger partial charge in [0.1, 0.15) is 0 Å². The molecule has 0 saturated carbocycles. The SMILES string of the molecule is COCC1(CNC(=O)C2=CC=CN3CCS(=O)(=O)N=C23)CCNCC1. The fourth-order valence-corrected chi connectivity index (χ4v) is 4.38. The van der Waals surface area contributed by atoms with E-state index in [1.807, 2.05) is 0 Å². The maximum absolute atomic E-state index is 12.7. The Bertz CT molecular complexity index is 715. The predicted octanol–water partition coefficient (Wildman–Crippen LogP) is -0.384. The molecule has 0 aromatic carbocycles. The van der Waals surface area contributed by atoms with E-state index in [0.717, 1.165) is 25.9 Å². The minimum Gasteiger partial charge on any atom is -0.384 e. The number of rotatable bonds is 5. The van der Waals surface area contributed by atoms with E-state index < -0.39 is 10.0 Å². The third kappa shape index (κ3) is 4.10. The highest BCUT2D eigenvalue weighted by Gasteiger charge is 2.34. The lowest BCUT2D eigenvalue weighted by Gasteiger charge is -2.37. The lowest BCUT2D eigenvalue weighted by atomic mass is 9.79. The highest BCUT2D eigenvalue weighted by Crippen LogP contribution is 2.28. The van der Waals surface area contributed by atoms with Crippen molar-refractivity contribution in [1.82, 2.24) is 15.5 Å².